The summed E-state index contributed by atoms with van der Waals surface area (Å²) in [5.74, 6) is -1.78. The predicted molar refractivity (Wildman–Crippen MR) is 96.7 cm³/mol. The van der Waals surface area contributed by atoms with Gasteiger partial charge < -0.3 is 19.5 Å². The smallest absolute Gasteiger partial charge is 0.308 e. The van der Waals surface area contributed by atoms with Gasteiger partial charge in [-0.3, -0.25) is 24.5 Å². The fourth-order valence-corrected chi connectivity index (χ4v) is 2.25. The van der Waals surface area contributed by atoms with Crippen LogP contribution in [0.4, 0.5) is 11.4 Å². The molecule has 0 aliphatic carbocycles. The minimum atomic E-state index is -0.693. The van der Waals surface area contributed by atoms with E-state index in [0.717, 1.165) is 6.07 Å². The van der Waals surface area contributed by atoms with Crippen LogP contribution in [0.3, 0.4) is 0 Å². The van der Waals surface area contributed by atoms with Gasteiger partial charge in [0, 0.05) is 37.6 Å². The topological polar surface area (TPSA) is 134 Å². The van der Waals surface area contributed by atoms with Gasteiger partial charge in [-0.05, 0) is 18.2 Å². The number of nitrogens with one attached hydrogen (secondary N) is 1. The molecule has 2 rings (SSSR count). The average Bonchev–Trinajstić information content (AvgIpc) is 2.60. The molecule has 2 aromatic carbocycles. The normalized spacial score (nSPS) is 9.96. The van der Waals surface area contributed by atoms with Gasteiger partial charge in [-0.1, -0.05) is 0 Å². The summed E-state index contributed by atoms with van der Waals surface area (Å²) in [4.78, 5) is 45.3. The van der Waals surface area contributed by atoms with Crippen LogP contribution in [0.25, 0.3) is 0 Å². The molecule has 0 saturated carbocycles. The van der Waals surface area contributed by atoms with Crippen LogP contribution in [0.1, 0.15) is 24.2 Å². The van der Waals surface area contributed by atoms with Crippen LogP contribution in [-0.4, -0.2) is 29.9 Å². The van der Waals surface area contributed by atoms with Crippen molar-refractivity contribution in [3.8, 4) is 17.2 Å². The van der Waals surface area contributed by atoms with Crippen LogP contribution >= 0.6 is 0 Å². The van der Waals surface area contributed by atoms with Gasteiger partial charge in [-0.15, -0.1) is 0 Å². The van der Waals surface area contributed by atoms with Crippen molar-refractivity contribution in [2.45, 2.75) is 13.8 Å². The number of nitro groups is 1. The predicted octanol–water partition coefficient (Wildman–Crippen LogP) is 2.71. The van der Waals surface area contributed by atoms with Crippen LogP contribution in [-0.2, 0) is 9.59 Å². The molecule has 0 atom stereocenters. The number of carbonyl (C=O) groups excluding carboxylic acids is 3. The zero-order chi connectivity index (χ0) is 20.8. The lowest BCUT2D eigenvalue weighted by molar-refractivity contribution is -0.384. The van der Waals surface area contributed by atoms with E-state index in [0.29, 0.717) is 0 Å². The molecule has 146 valence electrons. The van der Waals surface area contributed by atoms with Crippen LogP contribution < -0.4 is 19.5 Å². The summed E-state index contributed by atoms with van der Waals surface area (Å²) < 4.78 is 15.0. The number of amides is 1. The molecule has 10 nitrogen and oxygen atoms in total. The first-order valence-corrected chi connectivity index (χ1v) is 7.85. The van der Waals surface area contributed by atoms with Gasteiger partial charge >= 0.3 is 11.9 Å². The molecule has 28 heavy (non-hydrogen) atoms. The molecule has 0 heterocycles. The van der Waals surface area contributed by atoms with Gasteiger partial charge in [0.2, 0.25) is 0 Å². The molecule has 0 aromatic heterocycles. The number of non-ortho nitro benzene ring substituents is 1. The Morgan fingerprint density at radius 2 is 1.54 bits per heavy atom. The van der Waals surface area contributed by atoms with Crippen molar-refractivity contribution < 1.29 is 33.5 Å². The Kier molecular flexibility index (Phi) is 6.27. The number of ether oxygens (including phenoxy) is 3. The number of nitrogens with zero attached hydrogens (tertiary/aromatic N) is 1. The first kappa shape index (κ1) is 20.4. The van der Waals surface area contributed by atoms with Crippen molar-refractivity contribution in [3.05, 3.63) is 52.1 Å². The molecular formula is C18H16N2O8. The fraction of sp³-hybridized carbons (Fsp3) is 0.167. The van der Waals surface area contributed by atoms with Gasteiger partial charge in [-0.2, -0.15) is 0 Å². The summed E-state index contributed by atoms with van der Waals surface area (Å²) >= 11 is 0. The SMILES string of the molecule is COc1ccc([N+](=O)[O-])cc1NC(=O)c1cc(OC(C)=O)cc(OC(C)=O)c1. The Hall–Kier alpha value is -3.95. The van der Waals surface area contributed by atoms with E-state index in [1.807, 2.05) is 0 Å². The summed E-state index contributed by atoms with van der Waals surface area (Å²) in [6.45, 7) is 2.35. The Balaban J connectivity index is 2.40. The molecule has 10 heteroatoms. The van der Waals surface area contributed by atoms with Crippen molar-refractivity contribution in [1.29, 1.82) is 0 Å². The maximum absolute atomic E-state index is 12.6. The minimum Gasteiger partial charge on any atom is -0.495 e. The van der Waals surface area contributed by atoms with Crippen LogP contribution in [0.5, 0.6) is 17.2 Å². The fourth-order valence-electron chi connectivity index (χ4n) is 2.25. The number of hydrogen-bond donors (Lipinski definition) is 1. The maximum atomic E-state index is 12.6. The Bertz CT molecular complexity index is 920. The van der Waals surface area contributed by atoms with Crippen molar-refractivity contribution in [2.24, 2.45) is 0 Å². The number of hydrogen-bond acceptors (Lipinski definition) is 8. The van der Waals surface area contributed by atoms with Crippen LogP contribution in [0.2, 0.25) is 0 Å². The molecule has 0 fully saturated rings. The highest BCUT2D eigenvalue weighted by Crippen LogP contribution is 2.30. The van der Waals surface area contributed by atoms with Crippen molar-refractivity contribution in [3.63, 3.8) is 0 Å². The van der Waals surface area contributed by atoms with E-state index in [2.05, 4.69) is 5.32 Å². The third-order valence-corrected chi connectivity index (χ3v) is 3.31. The lowest BCUT2D eigenvalue weighted by Crippen LogP contribution is -2.14. The third kappa shape index (κ3) is 5.27. The number of esters is 2. The van der Waals surface area contributed by atoms with Crippen LogP contribution in [0, 0.1) is 10.1 Å². The van der Waals surface area contributed by atoms with E-state index < -0.39 is 22.8 Å². The van der Waals surface area contributed by atoms with Gasteiger partial charge in [0.05, 0.1) is 17.7 Å². The van der Waals surface area contributed by atoms with E-state index in [1.54, 1.807) is 0 Å². The summed E-state index contributed by atoms with van der Waals surface area (Å²) in [5.41, 5.74) is -0.192. The summed E-state index contributed by atoms with van der Waals surface area (Å²) in [7, 11) is 1.34. The zero-order valence-corrected chi connectivity index (χ0v) is 15.2. The van der Waals surface area contributed by atoms with Crippen molar-refractivity contribution in [1.82, 2.24) is 0 Å². The zero-order valence-electron chi connectivity index (χ0n) is 15.2. The lowest BCUT2D eigenvalue weighted by atomic mass is 10.1. The van der Waals surface area contributed by atoms with E-state index in [1.165, 1.54) is 51.3 Å². The second-order valence-electron chi connectivity index (χ2n) is 5.48. The second kappa shape index (κ2) is 8.62. The number of carbonyl (C=O) groups is 3. The monoisotopic (exact) mass is 388 g/mol. The molecule has 1 N–H and O–H groups in total. The standard InChI is InChI=1S/C18H16N2O8/c1-10(21)27-14-6-12(7-15(9-14)28-11(2)22)18(23)19-16-8-13(20(24)25)4-5-17(16)26-3/h4-9H,1-3H3,(H,19,23). The molecule has 0 spiro atoms. The average molecular weight is 388 g/mol. The highest BCUT2D eigenvalue weighted by Gasteiger charge is 2.17. The highest BCUT2D eigenvalue weighted by atomic mass is 16.6. The van der Waals surface area contributed by atoms with Gasteiger partial charge in [-0.25, -0.2) is 0 Å². The number of benzene rings is 2. The Labute approximate surface area is 159 Å². The Morgan fingerprint density at radius 3 is 2.00 bits per heavy atom. The first-order chi connectivity index (χ1) is 13.2. The quantitative estimate of drug-likeness (QED) is 0.345. The van der Waals surface area contributed by atoms with Gasteiger partial charge in [0.25, 0.3) is 11.6 Å². The summed E-state index contributed by atoms with van der Waals surface area (Å²) in [6.07, 6.45) is 0. The van der Waals surface area contributed by atoms with Crippen LogP contribution in [0.15, 0.2) is 36.4 Å². The van der Waals surface area contributed by atoms with E-state index >= 15 is 0 Å². The number of rotatable bonds is 6. The number of nitro benzene ring substituents is 1. The molecule has 0 saturated heterocycles. The molecular weight excluding hydrogens is 372 g/mol. The number of methoxy groups -OCH3 is 1. The lowest BCUT2D eigenvalue weighted by Gasteiger charge is -2.12. The highest BCUT2D eigenvalue weighted by molar-refractivity contribution is 6.05. The molecule has 0 bridgehead atoms. The first-order valence-electron chi connectivity index (χ1n) is 7.85. The summed E-state index contributed by atoms with van der Waals surface area (Å²) in [6, 6.07) is 7.50. The van der Waals surface area contributed by atoms with E-state index in [4.69, 9.17) is 14.2 Å². The van der Waals surface area contributed by atoms with Crippen molar-refractivity contribution in [2.75, 3.05) is 12.4 Å². The number of anilines is 1. The van der Waals surface area contributed by atoms with Gasteiger partial charge in [0.1, 0.15) is 17.2 Å². The Morgan fingerprint density at radius 1 is 0.964 bits per heavy atom. The molecule has 0 aliphatic heterocycles. The molecule has 0 radical (unpaired) electrons. The summed E-state index contributed by atoms with van der Waals surface area (Å²) in [5, 5.41) is 13.4. The third-order valence-electron chi connectivity index (χ3n) is 3.31. The molecule has 2 aromatic rings. The maximum Gasteiger partial charge on any atom is 0.308 e. The van der Waals surface area contributed by atoms with E-state index in [9.17, 15) is 24.5 Å². The van der Waals surface area contributed by atoms with E-state index in [-0.39, 0.29) is 34.2 Å². The second-order valence-corrected chi connectivity index (χ2v) is 5.48. The molecule has 1 amide bonds. The minimum absolute atomic E-state index is 0.0106. The largest absolute Gasteiger partial charge is 0.495 e. The van der Waals surface area contributed by atoms with Crippen molar-refractivity contribution >= 4 is 29.2 Å². The van der Waals surface area contributed by atoms with Gasteiger partial charge in [0.15, 0.2) is 0 Å². The molecule has 0 aliphatic rings. The molecule has 0 unspecified atom stereocenters.